The number of aromatic nitrogens is 2. The van der Waals surface area contributed by atoms with Crippen molar-refractivity contribution < 1.29 is 0 Å². The maximum absolute atomic E-state index is 8.85. The third-order valence-electron chi connectivity index (χ3n) is 2.11. The van der Waals surface area contributed by atoms with E-state index in [1.165, 1.54) is 0 Å². The molecule has 0 aliphatic heterocycles. The molecule has 0 saturated heterocycles. The zero-order chi connectivity index (χ0) is 9.97. The summed E-state index contributed by atoms with van der Waals surface area (Å²) in [5, 5.41) is 8.85. The number of pyridine rings is 1. The van der Waals surface area contributed by atoms with Crippen LogP contribution in [-0.4, -0.2) is 15.9 Å². The van der Waals surface area contributed by atoms with Gasteiger partial charge in [-0.05, 0) is 18.7 Å². The molecular weight excluding hydrogens is 176 g/mol. The number of hydrogen-bond acceptors (Lipinski definition) is 3. The van der Waals surface area contributed by atoms with Gasteiger partial charge in [0.05, 0.1) is 11.2 Å². The largest absolute Gasteiger partial charge is 0.330 e. The molecule has 0 aliphatic rings. The zero-order valence-corrected chi connectivity index (χ0v) is 7.64. The molecule has 0 fully saturated rings. The summed E-state index contributed by atoms with van der Waals surface area (Å²) < 4.78 is 1.78. The van der Waals surface area contributed by atoms with Gasteiger partial charge in [0.2, 0.25) is 5.82 Å². The van der Waals surface area contributed by atoms with Crippen molar-refractivity contribution in [3.8, 4) is 6.07 Å². The summed E-state index contributed by atoms with van der Waals surface area (Å²) in [4.78, 5) is 4.22. The van der Waals surface area contributed by atoms with Crippen LogP contribution >= 0.6 is 0 Å². The second-order valence-corrected chi connectivity index (χ2v) is 2.99. The smallest absolute Gasteiger partial charge is 0.217 e. The maximum Gasteiger partial charge on any atom is 0.217 e. The molecule has 2 aromatic heterocycles. The molecule has 0 spiro atoms. The van der Waals surface area contributed by atoms with Crippen molar-refractivity contribution in [3.05, 3.63) is 35.9 Å². The van der Waals surface area contributed by atoms with Crippen molar-refractivity contribution in [3.63, 3.8) is 0 Å². The highest BCUT2D eigenvalue weighted by atomic mass is 15.0. The summed E-state index contributed by atoms with van der Waals surface area (Å²) in [7, 11) is 0. The van der Waals surface area contributed by atoms with E-state index in [2.05, 4.69) is 11.1 Å². The number of nitrogens with zero attached hydrogens (tertiary/aromatic N) is 3. The molecule has 2 aromatic rings. The zero-order valence-electron chi connectivity index (χ0n) is 7.64. The van der Waals surface area contributed by atoms with Crippen molar-refractivity contribution >= 4 is 5.52 Å². The normalized spacial score (nSPS) is 10.3. The minimum Gasteiger partial charge on any atom is -0.330 e. The molecule has 0 unspecified atom stereocenters. The predicted molar refractivity (Wildman–Crippen MR) is 52.7 cm³/mol. The van der Waals surface area contributed by atoms with E-state index >= 15 is 0 Å². The monoisotopic (exact) mass is 186 g/mol. The molecule has 14 heavy (non-hydrogen) atoms. The second kappa shape index (κ2) is 3.48. The Kier molecular flexibility index (Phi) is 2.17. The van der Waals surface area contributed by atoms with Crippen LogP contribution in [0.1, 0.15) is 11.5 Å². The molecule has 2 N–H and O–H groups in total. The summed E-state index contributed by atoms with van der Waals surface area (Å²) in [6.45, 7) is 0.548. The van der Waals surface area contributed by atoms with E-state index in [9.17, 15) is 0 Å². The third-order valence-corrected chi connectivity index (χ3v) is 2.11. The van der Waals surface area contributed by atoms with Gasteiger partial charge in [-0.15, -0.1) is 0 Å². The first kappa shape index (κ1) is 8.73. The summed E-state index contributed by atoms with van der Waals surface area (Å²) in [5.41, 5.74) is 7.33. The van der Waals surface area contributed by atoms with E-state index < -0.39 is 0 Å². The molecule has 0 amide bonds. The average Bonchev–Trinajstić information content (AvgIpc) is 2.58. The van der Waals surface area contributed by atoms with Crippen LogP contribution in [0.25, 0.3) is 5.52 Å². The van der Waals surface area contributed by atoms with Crippen LogP contribution in [0.4, 0.5) is 0 Å². The van der Waals surface area contributed by atoms with Crippen LogP contribution in [-0.2, 0) is 6.42 Å². The maximum atomic E-state index is 8.85. The Bertz CT molecular complexity index is 492. The van der Waals surface area contributed by atoms with E-state index in [4.69, 9.17) is 11.0 Å². The minimum absolute atomic E-state index is 0.420. The molecule has 2 rings (SSSR count). The van der Waals surface area contributed by atoms with E-state index in [1.807, 2.05) is 24.4 Å². The Morgan fingerprint density at radius 2 is 2.36 bits per heavy atom. The number of nitrogens with two attached hydrogens (primary N) is 1. The standard InChI is InChI=1S/C10H10N4/c11-5-4-8-9-3-1-2-6-14(9)10(7-12)13-8/h1-3,6H,4-5,11H2. The van der Waals surface area contributed by atoms with Crippen molar-refractivity contribution in [2.24, 2.45) is 5.73 Å². The predicted octanol–water partition coefficient (Wildman–Crippen LogP) is 0.707. The molecule has 4 heteroatoms. The first-order valence-electron chi connectivity index (χ1n) is 4.43. The van der Waals surface area contributed by atoms with Crippen LogP contribution < -0.4 is 5.73 Å². The number of fused-ring (bicyclic) bond motifs is 1. The Morgan fingerprint density at radius 3 is 3.07 bits per heavy atom. The van der Waals surface area contributed by atoms with Crippen molar-refractivity contribution in [2.75, 3.05) is 6.54 Å². The van der Waals surface area contributed by atoms with Gasteiger partial charge in [0, 0.05) is 12.6 Å². The lowest BCUT2D eigenvalue weighted by Crippen LogP contribution is -2.03. The molecule has 0 bridgehead atoms. The van der Waals surface area contributed by atoms with E-state index in [0.717, 1.165) is 11.2 Å². The quantitative estimate of drug-likeness (QED) is 0.751. The first-order chi connectivity index (χ1) is 6.86. The first-order valence-corrected chi connectivity index (χ1v) is 4.43. The van der Waals surface area contributed by atoms with Crippen molar-refractivity contribution in [1.82, 2.24) is 9.38 Å². The van der Waals surface area contributed by atoms with E-state index in [-0.39, 0.29) is 0 Å². The fraction of sp³-hybridized carbons (Fsp3) is 0.200. The Balaban J connectivity index is 2.68. The number of nitriles is 1. The second-order valence-electron chi connectivity index (χ2n) is 2.99. The number of hydrogen-bond donors (Lipinski definition) is 1. The van der Waals surface area contributed by atoms with Crippen LogP contribution in [0.5, 0.6) is 0 Å². The Hall–Kier alpha value is -1.86. The Labute approximate surface area is 81.6 Å². The van der Waals surface area contributed by atoms with Gasteiger partial charge in [-0.2, -0.15) is 5.26 Å². The topological polar surface area (TPSA) is 67.1 Å². The van der Waals surface area contributed by atoms with Crippen molar-refractivity contribution in [1.29, 1.82) is 5.26 Å². The summed E-state index contributed by atoms with van der Waals surface area (Å²) in [6, 6.07) is 7.81. The van der Waals surface area contributed by atoms with E-state index in [1.54, 1.807) is 4.40 Å². The fourth-order valence-corrected chi connectivity index (χ4v) is 1.50. The van der Waals surface area contributed by atoms with Gasteiger partial charge < -0.3 is 5.73 Å². The van der Waals surface area contributed by atoms with Gasteiger partial charge in [0.25, 0.3) is 0 Å². The highest BCUT2D eigenvalue weighted by Gasteiger charge is 2.08. The van der Waals surface area contributed by atoms with Gasteiger partial charge in [0.15, 0.2) is 0 Å². The molecule has 0 radical (unpaired) electrons. The lowest BCUT2D eigenvalue weighted by Gasteiger charge is -1.94. The van der Waals surface area contributed by atoms with E-state index in [0.29, 0.717) is 18.8 Å². The van der Waals surface area contributed by atoms with Crippen LogP contribution in [0, 0.1) is 11.3 Å². The summed E-state index contributed by atoms with van der Waals surface area (Å²) in [6.07, 6.45) is 2.54. The SMILES string of the molecule is N#Cc1nc(CCN)c2ccccn12. The number of rotatable bonds is 2. The van der Waals surface area contributed by atoms with Crippen LogP contribution in [0.15, 0.2) is 24.4 Å². The molecule has 0 saturated carbocycles. The highest BCUT2D eigenvalue weighted by molar-refractivity contribution is 5.54. The van der Waals surface area contributed by atoms with Gasteiger partial charge in [-0.3, -0.25) is 4.40 Å². The molecular formula is C10H10N4. The molecule has 70 valence electrons. The summed E-state index contributed by atoms with van der Waals surface area (Å²) in [5.74, 6) is 0.420. The third kappa shape index (κ3) is 1.24. The molecule has 0 aliphatic carbocycles. The lowest BCUT2D eigenvalue weighted by molar-refractivity contribution is 0.939. The van der Waals surface area contributed by atoms with Gasteiger partial charge in [-0.25, -0.2) is 4.98 Å². The summed E-state index contributed by atoms with van der Waals surface area (Å²) >= 11 is 0. The molecule has 0 aromatic carbocycles. The molecule has 2 heterocycles. The molecule has 0 atom stereocenters. The van der Waals surface area contributed by atoms with Crippen LogP contribution in [0.3, 0.4) is 0 Å². The van der Waals surface area contributed by atoms with Crippen LogP contribution in [0.2, 0.25) is 0 Å². The molecule has 4 nitrogen and oxygen atoms in total. The highest BCUT2D eigenvalue weighted by Crippen LogP contribution is 2.12. The van der Waals surface area contributed by atoms with Gasteiger partial charge in [0.1, 0.15) is 6.07 Å². The number of imidazole rings is 1. The van der Waals surface area contributed by atoms with Crippen molar-refractivity contribution in [2.45, 2.75) is 6.42 Å². The minimum atomic E-state index is 0.420. The average molecular weight is 186 g/mol. The lowest BCUT2D eigenvalue weighted by atomic mass is 10.2. The Morgan fingerprint density at radius 1 is 1.50 bits per heavy atom. The van der Waals surface area contributed by atoms with Gasteiger partial charge in [-0.1, -0.05) is 6.07 Å². The van der Waals surface area contributed by atoms with Gasteiger partial charge >= 0.3 is 0 Å². The fourth-order valence-electron chi connectivity index (χ4n) is 1.50.